The summed E-state index contributed by atoms with van der Waals surface area (Å²) >= 11 is 1.04. The van der Waals surface area contributed by atoms with Crippen LogP contribution in [-0.4, -0.2) is 37.3 Å². The standard InChI is InChI=1S/C17H11F2N5O2S/c18-12-7-6-11(8-13(12)19)23-15(25)9-14(16(23)26)27-17-20-21-22-24(17)10-4-2-1-3-5-10/h1-8,14H,9H2/t14-/m0/s1. The van der Waals surface area contributed by atoms with Crippen LogP contribution in [0.5, 0.6) is 0 Å². The molecule has 0 spiro atoms. The first kappa shape index (κ1) is 17.3. The largest absolute Gasteiger partial charge is 0.274 e. The predicted octanol–water partition coefficient (Wildman–Crippen LogP) is 2.36. The minimum absolute atomic E-state index is 0.00495. The SMILES string of the molecule is O=C1C[C@H](Sc2nnnn2-c2ccccc2)C(=O)N1c1ccc(F)c(F)c1. The normalized spacial score (nSPS) is 17.0. The van der Waals surface area contributed by atoms with Gasteiger partial charge in [0.1, 0.15) is 5.25 Å². The fraction of sp³-hybridized carbons (Fsp3) is 0.118. The van der Waals surface area contributed by atoms with Gasteiger partial charge >= 0.3 is 0 Å². The number of amides is 2. The molecule has 1 aliphatic rings. The molecule has 1 fully saturated rings. The Morgan fingerprint density at radius 1 is 1.00 bits per heavy atom. The molecule has 3 aromatic rings. The van der Waals surface area contributed by atoms with Crippen molar-refractivity contribution >= 4 is 29.3 Å². The van der Waals surface area contributed by atoms with Gasteiger partial charge in [-0.3, -0.25) is 9.59 Å². The zero-order valence-electron chi connectivity index (χ0n) is 13.6. The fourth-order valence-electron chi connectivity index (χ4n) is 2.70. The Morgan fingerprint density at radius 2 is 1.78 bits per heavy atom. The van der Waals surface area contributed by atoms with Crippen molar-refractivity contribution in [3.05, 3.63) is 60.2 Å². The van der Waals surface area contributed by atoms with E-state index in [0.29, 0.717) is 10.8 Å². The Balaban J connectivity index is 1.59. The van der Waals surface area contributed by atoms with E-state index in [2.05, 4.69) is 15.5 Å². The van der Waals surface area contributed by atoms with Gasteiger partial charge in [0.05, 0.1) is 11.4 Å². The van der Waals surface area contributed by atoms with E-state index in [4.69, 9.17) is 0 Å². The molecule has 0 aliphatic carbocycles. The van der Waals surface area contributed by atoms with Gasteiger partial charge in [-0.05, 0) is 34.7 Å². The van der Waals surface area contributed by atoms with Crippen molar-refractivity contribution in [2.24, 2.45) is 0 Å². The molecule has 1 aromatic heterocycles. The number of anilines is 1. The van der Waals surface area contributed by atoms with Gasteiger partial charge in [-0.1, -0.05) is 30.0 Å². The van der Waals surface area contributed by atoms with E-state index in [1.807, 2.05) is 18.2 Å². The highest BCUT2D eigenvalue weighted by atomic mass is 32.2. The maximum absolute atomic E-state index is 13.5. The molecular weight excluding hydrogens is 376 g/mol. The van der Waals surface area contributed by atoms with Crippen LogP contribution < -0.4 is 4.90 Å². The maximum Gasteiger partial charge on any atom is 0.247 e. The van der Waals surface area contributed by atoms with Crippen LogP contribution in [0.25, 0.3) is 5.69 Å². The van der Waals surface area contributed by atoms with E-state index < -0.39 is 28.7 Å². The van der Waals surface area contributed by atoms with Crippen LogP contribution in [-0.2, 0) is 9.59 Å². The van der Waals surface area contributed by atoms with Gasteiger partial charge in [-0.2, -0.15) is 4.68 Å². The summed E-state index contributed by atoms with van der Waals surface area (Å²) in [6, 6.07) is 12.0. The van der Waals surface area contributed by atoms with Crippen molar-refractivity contribution in [3.63, 3.8) is 0 Å². The lowest BCUT2D eigenvalue weighted by Gasteiger charge is -2.15. The van der Waals surface area contributed by atoms with Crippen molar-refractivity contribution in [1.82, 2.24) is 20.2 Å². The Hall–Kier alpha value is -3.14. The van der Waals surface area contributed by atoms with Gasteiger partial charge in [0.15, 0.2) is 11.6 Å². The first-order valence-electron chi connectivity index (χ1n) is 7.87. The summed E-state index contributed by atoms with van der Waals surface area (Å²) < 4.78 is 28.1. The molecule has 1 aliphatic heterocycles. The topological polar surface area (TPSA) is 81.0 Å². The number of nitrogens with zero attached hydrogens (tertiary/aromatic N) is 5. The first-order chi connectivity index (χ1) is 13.0. The average Bonchev–Trinajstić information content (AvgIpc) is 3.23. The average molecular weight is 387 g/mol. The highest BCUT2D eigenvalue weighted by molar-refractivity contribution is 8.00. The number of hydrogen-bond acceptors (Lipinski definition) is 6. The summed E-state index contributed by atoms with van der Waals surface area (Å²) in [5, 5.41) is 11.0. The fourth-order valence-corrected chi connectivity index (χ4v) is 3.71. The van der Waals surface area contributed by atoms with E-state index in [0.717, 1.165) is 28.8 Å². The third-order valence-corrected chi connectivity index (χ3v) is 5.07. The summed E-state index contributed by atoms with van der Waals surface area (Å²) in [5.41, 5.74) is 0.703. The second-order valence-electron chi connectivity index (χ2n) is 5.69. The van der Waals surface area contributed by atoms with Gasteiger partial charge in [-0.15, -0.1) is 5.10 Å². The second kappa shape index (κ2) is 6.88. The molecule has 4 rings (SSSR count). The number of aromatic nitrogens is 4. The summed E-state index contributed by atoms with van der Waals surface area (Å²) in [6.07, 6.45) is -0.0931. The maximum atomic E-state index is 13.5. The Morgan fingerprint density at radius 3 is 2.52 bits per heavy atom. The van der Waals surface area contributed by atoms with Gasteiger partial charge in [-0.25, -0.2) is 13.7 Å². The molecule has 2 heterocycles. The van der Waals surface area contributed by atoms with Crippen molar-refractivity contribution in [2.45, 2.75) is 16.8 Å². The molecule has 2 aromatic carbocycles. The number of halogens is 2. The molecule has 10 heteroatoms. The summed E-state index contributed by atoms with van der Waals surface area (Å²) in [5.74, 6) is -3.20. The third kappa shape index (κ3) is 3.19. The lowest BCUT2D eigenvalue weighted by atomic mass is 10.3. The summed E-state index contributed by atoms with van der Waals surface area (Å²) in [4.78, 5) is 25.8. The molecule has 0 radical (unpaired) electrons. The van der Waals surface area contributed by atoms with Crippen LogP contribution in [0, 0.1) is 11.6 Å². The van der Waals surface area contributed by atoms with Crippen LogP contribution in [0.4, 0.5) is 14.5 Å². The monoisotopic (exact) mass is 387 g/mol. The number of carbonyl (C=O) groups excluding carboxylic acids is 2. The molecule has 0 unspecified atom stereocenters. The van der Waals surface area contributed by atoms with Gasteiger partial charge in [0.2, 0.25) is 17.0 Å². The number of rotatable bonds is 4. The first-order valence-corrected chi connectivity index (χ1v) is 8.75. The van der Waals surface area contributed by atoms with E-state index in [-0.39, 0.29) is 12.1 Å². The Bertz CT molecular complexity index is 1030. The van der Waals surface area contributed by atoms with E-state index in [9.17, 15) is 18.4 Å². The van der Waals surface area contributed by atoms with Gasteiger partial charge in [0, 0.05) is 12.5 Å². The minimum Gasteiger partial charge on any atom is -0.274 e. The molecule has 0 N–H and O–H groups in total. The molecular formula is C17H11F2N5O2S. The number of hydrogen-bond donors (Lipinski definition) is 0. The number of imide groups is 1. The smallest absolute Gasteiger partial charge is 0.247 e. The van der Waals surface area contributed by atoms with E-state index in [1.54, 1.807) is 12.1 Å². The van der Waals surface area contributed by atoms with Crippen LogP contribution in [0.15, 0.2) is 53.7 Å². The summed E-state index contributed by atoms with van der Waals surface area (Å²) in [7, 11) is 0. The quantitative estimate of drug-likeness (QED) is 0.640. The van der Waals surface area contributed by atoms with Crippen LogP contribution in [0.2, 0.25) is 0 Å². The number of tetrazole rings is 1. The van der Waals surface area contributed by atoms with Crippen LogP contribution in [0.1, 0.15) is 6.42 Å². The predicted molar refractivity (Wildman–Crippen MR) is 92.3 cm³/mol. The lowest BCUT2D eigenvalue weighted by molar-refractivity contribution is -0.121. The van der Waals surface area contributed by atoms with E-state index >= 15 is 0 Å². The molecule has 1 atom stereocenters. The second-order valence-corrected chi connectivity index (χ2v) is 6.86. The van der Waals surface area contributed by atoms with E-state index in [1.165, 1.54) is 10.7 Å². The van der Waals surface area contributed by atoms with Gasteiger partial charge in [0.25, 0.3) is 0 Å². The number of benzene rings is 2. The zero-order chi connectivity index (χ0) is 19.0. The van der Waals surface area contributed by atoms with Crippen molar-refractivity contribution in [2.75, 3.05) is 4.90 Å². The van der Waals surface area contributed by atoms with Gasteiger partial charge < -0.3 is 0 Å². The highest BCUT2D eigenvalue weighted by Gasteiger charge is 2.41. The Labute approximate surface area is 156 Å². The van der Waals surface area contributed by atoms with Crippen molar-refractivity contribution < 1.29 is 18.4 Å². The number of carbonyl (C=O) groups is 2. The molecule has 0 saturated carbocycles. The van der Waals surface area contributed by atoms with Crippen LogP contribution >= 0.6 is 11.8 Å². The molecule has 0 bridgehead atoms. The molecule has 136 valence electrons. The number of para-hydroxylation sites is 1. The van der Waals surface area contributed by atoms with Crippen molar-refractivity contribution in [3.8, 4) is 5.69 Å². The third-order valence-electron chi connectivity index (χ3n) is 3.96. The molecule has 2 amide bonds. The Kier molecular flexibility index (Phi) is 4.40. The molecule has 7 nitrogen and oxygen atoms in total. The molecule has 1 saturated heterocycles. The summed E-state index contributed by atoms with van der Waals surface area (Å²) in [6.45, 7) is 0. The lowest BCUT2D eigenvalue weighted by Crippen LogP contribution is -2.31. The molecule has 27 heavy (non-hydrogen) atoms. The van der Waals surface area contributed by atoms with Crippen molar-refractivity contribution in [1.29, 1.82) is 0 Å². The minimum atomic E-state index is -1.13. The van der Waals surface area contributed by atoms with Crippen LogP contribution in [0.3, 0.4) is 0 Å². The highest BCUT2D eigenvalue weighted by Crippen LogP contribution is 2.33. The zero-order valence-corrected chi connectivity index (χ0v) is 14.4. The number of thioether (sulfide) groups is 1.